The van der Waals surface area contributed by atoms with E-state index in [1.54, 1.807) is 18.6 Å². The number of aryl methyl sites for hydroxylation is 1. The van der Waals surface area contributed by atoms with Gasteiger partial charge in [-0.2, -0.15) is 10.1 Å². The maximum atomic E-state index is 12.3. The summed E-state index contributed by atoms with van der Waals surface area (Å²) in [5, 5.41) is 11.1. The van der Waals surface area contributed by atoms with E-state index in [2.05, 4.69) is 25.5 Å². The lowest BCUT2D eigenvalue weighted by Crippen LogP contribution is -2.24. The molecule has 0 saturated heterocycles. The van der Waals surface area contributed by atoms with Gasteiger partial charge in [-0.15, -0.1) is 0 Å². The zero-order chi connectivity index (χ0) is 19.9. The van der Waals surface area contributed by atoms with Crippen molar-refractivity contribution in [2.24, 2.45) is 0 Å². The molecule has 8 heteroatoms. The van der Waals surface area contributed by atoms with Crippen molar-refractivity contribution in [3.8, 4) is 11.4 Å². The van der Waals surface area contributed by atoms with Crippen LogP contribution < -0.4 is 5.32 Å². The number of carbonyl (C=O) groups excluding carboxylic acids is 1. The lowest BCUT2D eigenvalue weighted by atomic mass is 10.1. The molecule has 1 amide bonds. The maximum absolute atomic E-state index is 12.3. The first kappa shape index (κ1) is 18.5. The fraction of sp³-hybridized carbons (Fsp3) is 0.190. The van der Waals surface area contributed by atoms with Gasteiger partial charge in [-0.1, -0.05) is 29.4 Å². The van der Waals surface area contributed by atoms with E-state index >= 15 is 0 Å². The maximum Gasteiger partial charge on any atom is 0.227 e. The quantitative estimate of drug-likeness (QED) is 0.498. The van der Waals surface area contributed by atoms with Crippen LogP contribution in [0, 0.1) is 0 Å². The van der Waals surface area contributed by atoms with E-state index in [1.807, 2.05) is 53.3 Å². The van der Waals surface area contributed by atoms with E-state index in [0.29, 0.717) is 31.2 Å². The first-order valence-corrected chi connectivity index (χ1v) is 9.32. The number of nitrogens with zero attached hydrogens (tertiary/aromatic N) is 5. The average Bonchev–Trinajstić information content (AvgIpc) is 3.44. The van der Waals surface area contributed by atoms with Crippen molar-refractivity contribution in [2.75, 3.05) is 0 Å². The number of amides is 1. The van der Waals surface area contributed by atoms with Crippen LogP contribution >= 0.6 is 0 Å². The molecule has 0 bridgehead atoms. The molecule has 8 nitrogen and oxygen atoms in total. The summed E-state index contributed by atoms with van der Waals surface area (Å²) in [6, 6.07) is 13.5. The summed E-state index contributed by atoms with van der Waals surface area (Å²) < 4.78 is 7.10. The predicted molar refractivity (Wildman–Crippen MR) is 105 cm³/mol. The molecule has 4 aromatic rings. The van der Waals surface area contributed by atoms with Gasteiger partial charge in [0.25, 0.3) is 0 Å². The van der Waals surface area contributed by atoms with Crippen LogP contribution in [0.25, 0.3) is 11.4 Å². The summed E-state index contributed by atoms with van der Waals surface area (Å²) in [7, 11) is 0. The highest BCUT2D eigenvalue weighted by molar-refractivity contribution is 5.76. The van der Waals surface area contributed by atoms with Crippen LogP contribution in [0.15, 0.2) is 71.8 Å². The molecule has 0 spiro atoms. The standard InChI is InChI=1S/C21H20N6O2/c28-19(6-7-20-25-21(26-29-20)16-8-11-22-12-9-16)23-14-17-4-1-2-5-18(17)15-27-13-3-10-24-27/h1-5,8-13H,6-7,14-15H2,(H,23,28). The molecule has 1 N–H and O–H groups in total. The molecule has 0 unspecified atom stereocenters. The van der Waals surface area contributed by atoms with Gasteiger partial charge < -0.3 is 9.84 Å². The Morgan fingerprint density at radius 3 is 2.66 bits per heavy atom. The summed E-state index contributed by atoms with van der Waals surface area (Å²) in [6.45, 7) is 1.13. The second-order valence-electron chi connectivity index (χ2n) is 6.50. The Morgan fingerprint density at radius 1 is 1.03 bits per heavy atom. The van der Waals surface area contributed by atoms with Crippen molar-refractivity contribution in [3.63, 3.8) is 0 Å². The third-order valence-electron chi connectivity index (χ3n) is 4.46. The molecule has 4 rings (SSSR count). The first-order chi connectivity index (χ1) is 14.3. The fourth-order valence-electron chi connectivity index (χ4n) is 2.93. The second kappa shape index (κ2) is 8.92. The van der Waals surface area contributed by atoms with Gasteiger partial charge in [0.05, 0.1) is 6.54 Å². The van der Waals surface area contributed by atoms with E-state index < -0.39 is 0 Å². The molecule has 3 aromatic heterocycles. The first-order valence-electron chi connectivity index (χ1n) is 9.32. The minimum Gasteiger partial charge on any atom is -0.352 e. The monoisotopic (exact) mass is 388 g/mol. The Morgan fingerprint density at radius 2 is 1.86 bits per heavy atom. The molecule has 0 aliphatic heterocycles. The van der Waals surface area contributed by atoms with Crippen LogP contribution in [0.2, 0.25) is 0 Å². The second-order valence-corrected chi connectivity index (χ2v) is 6.50. The number of benzene rings is 1. The van der Waals surface area contributed by atoms with Crippen LogP contribution in [0.3, 0.4) is 0 Å². The van der Waals surface area contributed by atoms with Crippen LogP contribution in [-0.2, 0) is 24.3 Å². The van der Waals surface area contributed by atoms with Crippen molar-refractivity contribution in [3.05, 3.63) is 84.3 Å². The fourth-order valence-corrected chi connectivity index (χ4v) is 2.93. The minimum absolute atomic E-state index is 0.0671. The number of hydrogen-bond donors (Lipinski definition) is 1. The van der Waals surface area contributed by atoms with Crippen molar-refractivity contribution >= 4 is 5.91 Å². The SMILES string of the molecule is O=C(CCc1nc(-c2ccncc2)no1)NCc1ccccc1Cn1cccn1. The van der Waals surface area contributed by atoms with E-state index in [0.717, 1.165) is 16.7 Å². The molecule has 0 aliphatic rings. The highest BCUT2D eigenvalue weighted by Gasteiger charge is 2.11. The van der Waals surface area contributed by atoms with Gasteiger partial charge in [0.1, 0.15) is 0 Å². The third-order valence-corrected chi connectivity index (χ3v) is 4.46. The average molecular weight is 388 g/mol. The predicted octanol–water partition coefficient (Wildman–Crippen LogP) is 2.63. The zero-order valence-corrected chi connectivity index (χ0v) is 15.7. The van der Waals surface area contributed by atoms with Crippen molar-refractivity contribution in [1.29, 1.82) is 0 Å². The van der Waals surface area contributed by atoms with Crippen LogP contribution in [-0.4, -0.2) is 30.8 Å². The van der Waals surface area contributed by atoms with Crippen molar-refractivity contribution < 1.29 is 9.32 Å². The topological polar surface area (TPSA) is 98.7 Å². The van der Waals surface area contributed by atoms with Crippen LogP contribution in [0.4, 0.5) is 0 Å². The van der Waals surface area contributed by atoms with E-state index in [9.17, 15) is 4.79 Å². The molecule has 0 radical (unpaired) electrons. The lowest BCUT2D eigenvalue weighted by Gasteiger charge is -2.10. The van der Waals surface area contributed by atoms with E-state index in [4.69, 9.17) is 4.52 Å². The van der Waals surface area contributed by atoms with E-state index in [-0.39, 0.29) is 12.3 Å². The lowest BCUT2D eigenvalue weighted by molar-refractivity contribution is -0.121. The Kier molecular flexibility index (Phi) is 5.70. The summed E-state index contributed by atoms with van der Waals surface area (Å²) in [5.74, 6) is 0.865. The number of aromatic nitrogens is 5. The largest absolute Gasteiger partial charge is 0.352 e. The third kappa shape index (κ3) is 4.92. The Labute approximate surface area is 167 Å². The van der Waals surface area contributed by atoms with Gasteiger partial charge in [0.2, 0.25) is 17.6 Å². The molecule has 0 saturated carbocycles. The molecule has 1 aromatic carbocycles. The van der Waals surface area contributed by atoms with E-state index in [1.165, 1.54) is 0 Å². The molecule has 29 heavy (non-hydrogen) atoms. The van der Waals surface area contributed by atoms with Crippen molar-refractivity contribution in [1.82, 2.24) is 30.2 Å². The number of nitrogens with one attached hydrogen (secondary N) is 1. The Hall–Kier alpha value is -3.81. The zero-order valence-electron chi connectivity index (χ0n) is 15.7. The van der Waals surface area contributed by atoms with Gasteiger partial charge in [0, 0.05) is 49.7 Å². The van der Waals surface area contributed by atoms with Gasteiger partial charge in [0.15, 0.2) is 0 Å². The summed E-state index contributed by atoms with van der Waals surface area (Å²) in [5.41, 5.74) is 3.01. The molecular formula is C21H20N6O2. The Bertz CT molecular complexity index is 1060. The summed E-state index contributed by atoms with van der Waals surface area (Å²) >= 11 is 0. The highest BCUT2D eigenvalue weighted by Crippen LogP contribution is 2.15. The van der Waals surface area contributed by atoms with Gasteiger partial charge >= 0.3 is 0 Å². The van der Waals surface area contributed by atoms with Crippen LogP contribution in [0.5, 0.6) is 0 Å². The number of rotatable bonds is 8. The van der Waals surface area contributed by atoms with Gasteiger partial charge in [-0.3, -0.25) is 14.5 Å². The molecule has 0 fully saturated rings. The van der Waals surface area contributed by atoms with Gasteiger partial charge in [-0.05, 0) is 29.3 Å². The normalized spacial score (nSPS) is 10.8. The Balaban J connectivity index is 1.29. The van der Waals surface area contributed by atoms with Crippen molar-refractivity contribution in [2.45, 2.75) is 25.9 Å². The molecular weight excluding hydrogens is 368 g/mol. The molecule has 0 aliphatic carbocycles. The summed E-state index contributed by atoms with van der Waals surface area (Å²) in [6.07, 6.45) is 7.67. The number of hydrogen-bond acceptors (Lipinski definition) is 6. The minimum atomic E-state index is -0.0671. The number of pyridine rings is 1. The molecule has 146 valence electrons. The molecule has 3 heterocycles. The molecule has 0 atom stereocenters. The number of carbonyl (C=O) groups is 1. The smallest absolute Gasteiger partial charge is 0.227 e. The highest BCUT2D eigenvalue weighted by atomic mass is 16.5. The van der Waals surface area contributed by atoms with Gasteiger partial charge in [-0.25, -0.2) is 0 Å². The summed E-state index contributed by atoms with van der Waals surface area (Å²) in [4.78, 5) is 20.6. The van der Waals surface area contributed by atoms with Crippen LogP contribution in [0.1, 0.15) is 23.4 Å².